The van der Waals surface area contributed by atoms with Crippen molar-refractivity contribution in [1.82, 2.24) is 15.5 Å². The first-order valence-electron chi connectivity index (χ1n) is 8.46. The van der Waals surface area contributed by atoms with Gasteiger partial charge < -0.3 is 15.5 Å². The van der Waals surface area contributed by atoms with Crippen LogP contribution in [-0.4, -0.2) is 62.0 Å². The average Bonchev–Trinajstić information content (AvgIpc) is 2.57. The smallest absolute Gasteiger partial charge is 0.220 e. The van der Waals surface area contributed by atoms with E-state index in [1.165, 1.54) is 24.3 Å². The summed E-state index contributed by atoms with van der Waals surface area (Å²) in [5, 5.41) is 6.29. The van der Waals surface area contributed by atoms with Gasteiger partial charge in [0.05, 0.1) is 0 Å². The molecule has 126 valence electrons. The van der Waals surface area contributed by atoms with E-state index in [2.05, 4.69) is 32.3 Å². The minimum absolute atomic E-state index is 0.163. The van der Waals surface area contributed by atoms with E-state index in [-0.39, 0.29) is 5.91 Å². The first-order valence-corrected chi connectivity index (χ1v) is 9.62. The third kappa shape index (κ3) is 5.38. The fraction of sp³-hybridized carbons (Fsp3) is 0.875. The Kier molecular flexibility index (Phi) is 7.36. The van der Waals surface area contributed by atoms with E-state index in [1.807, 2.05) is 7.05 Å². The summed E-state index contributed by atoms with van der Waals surface area (Å²) in [4.78, 5) is 18.3. The molecule has 2 aliphatic heterocycles. The van der Waals surface area contributed by atoms with Crippen molar-refractivity contribution >= 4 is 23.6 Å². The summed E-state index contributed by atoms with van der Waals surface area (Å²) >= 11 is 2.07. The van der Waals surface area contributed by atoms with Crippen LogP contribution in [0.2, 0.25) is 0 Å². The number of rotatable bonds is 4. The van der Waals surface area contributed by atoms with Gasteiger partial charge in [-0.25, -0.2) is 0 Å². The van der Waals surface area contributed by atoms with Crippen LogP contribution in [0.5, 0.6) is 0 Å². The molecular weight excluding hydrogens is 296 g/mol. The summed E-state index contributed by atoms with van der Waals surface area (Å²) in [6, 6.07) is 0. The lowest BCUT2D eigenvalue weighted by atomic mass is 9.93. The Balaban J connectivity index is 1.72. The number of guanidine groups is 1. The van der Waals surface area contributed by atoms with Crippen molar-refractivity contribution < 1.29 is 4.79 Å². The molecule has 1 amide bonds. The Morgan fingerprint density at radius 1 is 1.18 bits per heavy atom. The number of hydrogen-bond acceptors (Lipinski definition) is 3. The molecule has 2 aliphatic rings. The number of thioether (sulfide) groups is 1. The van der Waals surface area contributed by atoms with Crippen LogP contribution in [0.1, 0.15) is 32.1 Å². The van der Waals surface area contributed by atoms with E-state index in [0.717, 1.165) is 44.4 Å². The highest BCUT2D eigenvalue weighted by molar-refractivity contribution is 7.99. The molecule has 2 fully saturated rings. The highest BCUT2D eigenvalue weighted by Crippen LogP contribution is 2.23. The zero-order valence-electron chi connectivity index (χ0n) is 13.9. The van der Waals surface area contributed by atoms with Crippen molar-refractivity contribution in [1.29, 1.82) is 0 Å². The van der Waals surface area contributed by atoms with Crippen LogP contribution >= 0.6 is 11.8 Å². The van der Waals surface area contributed by atoms with Gasteiger partial charge in [-0.15, -0.1) is 0 Å². The van der Waals surface area contributed by atoms with E-state index >= 15 is 0 Å². The van der Waals surface area contributed by atoms with Gasteiger partial charge in [0.1, 0.15) is 0 Å². The number of nitrogens with zero attached hydrogens (tertiary/aromatic N) is 2. The van der Waals surface area contributed by atoms with Crippen LogP contribution in [0.15, 0.2) is 4.99 Å². The molecule has 0 saturated carbocycles. The second-order valence-electron chi connectivity index (χ2n) is 6.29. The topological polar surface area (TPSA) is 56.7 Å². The first kappa shape index (κ1) is 17.4. The zero-order chi connectivity index (χ0) is 15.8. The van der Waals surface area contributed by atoms with Crippen molar-refractivity contribution in [3.05, 3.63) is 0 Å². The molecule has 0 aliphatic carbocycles. The number of carbonyl (C=O) groups excluding carboxylic acids is 1. The van der Waals surface area contributed by atoms with Gasteiger partial charge in [0.15, 0.2) is 5.96 Å². The van der Waals surface area contributed by atoms with Crippen LogP contribution in [0.25, 0.3) is 0 Å². The molecule has 5 nitrogen and oxygen atoms in total. The highest BCUT2D eigenvalue weighted by atomic mass is 32.2. The fourth-order valence-corrected chi connectivity index (χ4v) is 4.44. The number of carbonyl (C=O) groups is 1. The normalized spacial score (nSPS) is 21.7. The predicted octanol–water partition coefficient (Wildman–Crippen LogP) is 1.55. The van der Waals surface area contributed by atoms with Crippen LogP contribution in [0.3, 0.4) is 0 Å². The van der Waals surface area contributed by atoms with Crippen LogP contribution in [0.4, 0.5) is 0 Å². The standard InChI is InChI=1S/C16H30N4OS/c1-17-15(21)11-13-3-7-20(8-4-13)16(18-2)19-12-14-5-9-22-10-6-14/h13-14H,3-12H2,1-2H3,(H,17,21)(H,18,19). The van der Waals surface area contributed by atoms with E-state index in [9.17, 15) is 4.79 Å². The Morgan fingerprint density at radius 3 is 2.45 bits per heavy atom. The second-order valence-corrected chi connectivity index (χ2v) is 7.52. The molecule has 0 radical (unpaired) electrons. The van der Waals surface area contributed by atoms with E-state index < -0.39 is 0 Å². The number of hydrogen-bond donors (Lipinski definition) is 2. The summed E-state index contributed by atoms with van der Waals surface area (Å²) in [5.41, 5.74) is 0. The molecule has 0 spiro atoms. The van der Waals surface area contributed by atoms with Gasteiger partial charge in [0, 0.05) is 40.2 Å². The third-order valence-electron chi connectivity index (χ3n) is 4.77. The zero-order valence-corrected chi connectivity index (χ0v) is 14.8. The van der Waals surface area contributed by atoms with Gasteiger partial charge >= 0.3 is 0 Å². The van der Waals surface area contributed by atoms with Crippen molar-refractivity contribution in [2.24, 2.45) is 16.8 Å². The molecule has 0 bridgehead atoms. The Morgan fingerprint density at radius 2 is 1.86 bits per heavy atom. The monoisotopic (exact) mass is 326 g/mol. The number of piperidine rings is 1. The van der Waals surface area contributed by atoms with Gasteiger partial charge in [-0.3, -0.25) is 9.79 Å². The van der Waals surface area contributed by atoms with E-state index in [1.54, 1.807) is 7.05 Å². The maximum absolute atomic E-state index is 11.5. The maximum Gasteiger partial charge on any atom is 0.220 e. The molecular formula is C16H30N4OS. The summed E-state index contributed by atoms with van der Waals surface area (Å²) in [7, 11) is 3.59. The lowest BCUT2D eigenvalue weighted by Crippen LogP contribution is -2.47. The summed E-state index contributed by atoms with van der Waals surface area (Å²) in [6.07, 6.45) is 5.46. The molecule has 22 heavy (non-hydrogen) atoms. The molecule has 0 aromatic heterocycles. The van der Waals surface area contributed by atoms with Gasteiger partial charge in [0.2, 0.25) is 5.91 Å². The number of nitrogens with one attached hydrogen (secondary N) is 2. The van der Waals surface area contributed by atoms with Crippen LogP contribution in [0, 0.1) is 11.8 Å². The first-order chi connectivity index (χ1) is 10.7. The molecule has 2 heterocycles. The number of aliphatic imine (C=N–C) groups is 1. The van der Waals surface area contributed by atoms with Crippen LogP contribution < -0.4 is 10.6 Å². The molecule has 0 atom stereocenters. The Hall–Kier alpha value is -0.910. The second kappa shape index (κ2) is 9.28. The lowest BCUT2D eigenvalue weighted by molar-refractivity contribution is -0.121. The van der Waals surface area contributed by atoms with Gasteiger partial charge in [-0.05, 0) is 49.0 Å². The molecule has 0 aromatic rings. The predicted molar refractivity (Wildman–Crippen MR) is 94.4 cm³/mol. The third-order valence-corrected chi connectivity index (χ3v) is 5.82. The van der Waals surface area contributed by atoms with E-state index in [0.29, 0.717) is 12.3 Å². The molecule has 0 unspecified atom stereocenters. The van der Waals surface area contributed by atoms with Gasteiger partial charge in [-0.1, -0.05) is 0 Å². The largest absolute Gasteiger partial charge is 0.359 e. The maximum atomic E-state index is 11.5. The molecule has 2 saturated heterocycles. The molecule has 2 rings (SSSR count). The summed E-state index contributed by atoms with van der Waals surface area (Å²) in [5.74, 6) is 5.12. The van der Waals surface area contributed by atoms with Gasteiger partial charge in [0.25, 0.3) is 0 Å². The van der Waals surface area contributed by atoms with Crippen molar-refractivity contribution in [2.75, 3.05) is 45.2 Å². The van der Waals surface area contributed by atoms with Crippen LogP contribution in [-0.2, 0) is 4.79 Å². The van der Waals surface area contributed by atoms with Gasteiger partial charge in [-0.2, -0.15) is 11.8 Å². The highest BCUT2D eigenvalue weighted by Gasteiger charge is 2.23. The minimum atomic E-state index is 0.163. The SMILES string of the molecule is CN=C(NCC1CCSCC1)N1CCC(CC(=O)NC)CC1. The lowest BCUT2D eigenvalue weighted by Gasteiger charge is -2.34. The van der Waals surface area contributed by atoms with Crippen molar-refractivity contribution in [3.8, 4) is 0 Å². The minimum Gasteiger partial charge on any atom is -0.359 e. The van der Waals surface area contributed by atoms with Crippen molar-refractivity contribution in [3.63, 3.8) is 0 Å². The average molecular weight is 327 g/mol. The molecule has 0 aromatic carbocycles. The van der Waals surface area contributed by atoms with Crippen molar-refractivity contribution in [2.45, 2.75) is 32.1 Å². The number of amides is 1. The van der Waals surface area contributed by atoms with E-state index in [4.69, 9.17) is 0 Å². The molecule has 2 N–H and O–H groups in total. The molecule has 6 heteroatoms. The fourth-order valence-electron chi connectivity index (χ4n) is 3.23. The quantitative estimate of drug-likeness (QED) is 0.608. The Labute approximate surface area is 138 Å². The Bertz CT molecular complexity index is 374. The summed E-state index contributed by atoms with van der Waals surface area (Å²) < 4.78 is 0. The number of likely N-dealkylation sites (tertiary alicyclic amines) is 1. The summed E-state index contributed by atoms with van der Waals surface area (Å²) in [6.45, 7) is 3.05.